The van der Waals surface area contributed by atoms with Crippen molar-refractivity contribution >= 4 is 17.5 Å². The third kappa shape index (κ3) is 4.82. The molecule has 126 valence electrons. The van der Waals surface area contributed by atoms with Gasteiger partial charge in [0.1, 0.15) is 11.6 Å². The van der Waals surface area contributed by atoms with Gasteiger partial charge in [-0.25, -0.2) is 4.39 Å². The van der Waals surface area contributed by atoms with Crippen molar-refractivity contribution in [2.75, 3.05) is 26.2 Å². The molecule has 0 atom stereocenters. The van der Waals surface area contributed by atoms with E-state index in [0.717, 1.165) is 38.4 Å². The molecule has 0 bridgehead atoms. The maximum Gasteiger partial charge on any atom is 0.260 e. The average Bonchev–Trinajstić information content (AvgIpc) is 3.37. The summed E-state index contributed by atoms with van der Waals surface area (Å²) in [6, 6.07) is 4.41. The number of ether oxygens (including phenoxy) is 1. The first kappa shape index (κ1) is 16.5. The van der Waals surface area contributed by atoms with Crippen LogP contribution in [0.15, 0.2) is 18.2 Å². The maximum absolute atomic E-state index is 13.0. The van der Waals surface area contributed by atoms with Crippen LogP contribution in [0.25, 0.3) is 0 Å². The first-order chi connectivity index (χ1) is 11.1. The van der Waals surface area contributed by atoms with Crippen molar-refractivity contribution in [3.05, 3.63) is 29.0 Å². The van der Waals surface area contributed by atoms with Gasteiger partial charge in [0.2, 0.25) is 0 Å². The zero-order valence-electron chi connectivity index (χ0n) is 13.1. The summed E-state index contributed by atoms with van der Waals surface area (Å²) in [5.41, 5.74) is 0. The van der Waals surface area contributed by atoms with Crippen molar-refractivity contribution in [2.45, 2.75) is 31.7 Å². The molecule has 1 aliphatic carbocycles. The standard InChI is InChI=1S/C17H22ClFN2O2/c18-15-9-13(19)3-4-16(15)23-11-17(22)21-7-5-14(6-8-21)20-10-12-1-2-12/h3-4,9,12,14,20H,1-2,5-8,10-11H2. The molecule has 1 N–H and O–H groups in total. The summed E-state index contributed by atoms with van der Waals surface area (Å²) < 4.78 is 18.4. The largest absolute Gasteiger partial charge is 0.482 e. The van der Waals surface area contributed by atoms with Gasteiger partial charge in [-0.3, -0.25) is 4.79 Å². The van der Waals surface area contributed by atoms with Gasteiger partial charge < -0.3 is 15.0 Å². The Balaban J connectivity index is 1.40. The SMILES string of the molecule is O=C(COc1ccc(F)cc1Cl)N1CCC(NCC2CC2)CC1. The number of nitrogens with zero attached hydrogens (tertiary/aromatic N) is 1. The van der Waals surface area contributed by atoms with E-state index in [1.54, 1.807) is 0 Å². The minimum atomic E-state index is -0.422. The van der Waals surface area contributed by atoms with Crippen molar-refractivity contribution in [1.82, 2.24) is 10.2 Å². The number of carbonyl (C=O) groups excluding carboxylic acids is 1. The van der Waals surface area contributed by atoms with E-state index < -0.39 is 5.82 Å². The van der Waals surface area contributed by atoms with Crippen molar-refractivity contribution in [3.63, 3.8) is 0 Å². The fraction of sp³-hybridized carbons (Fsp3) is 0.588. The number of amides is 1. The third-order valence-corrected chi connectivity index (χ3v) is 4.78. The predicted molar refractivity (Wildman–Crippen MR) is 87.2 cm³/mol. The van der Waals surface area contributed by atoms with Gasteiger partial charge in [0, 0.05) is 19.1 Å². The molecule has 4 nitrogen and oxygen atoms in total. The number of benzene rings is 1. The highest BCUT2D eigenvalue weighted by Gasteiger charge is 2.26. The number of carbonyl (C=O) groups is 1. The molecule has 1 aromatic rings. The van der Waals surface area contributed by atoms with Crippen LogP contribution < -0.4 is 10.1 Å². The minimum absolute atomic E-state index is 0.0500. The van der Waals surface area contributed by atoms with Crippen LogP contribution in [0.1, 0.15) is 25.7 Å². The van der Waals surface area contributed by atoms with Gasteiger partial charge in [-0.1, -0.05) is 11.6 Å². The summed E-state index contributed by atoms with van der Waals surface area (Å²) in [7, 11) is 0. The van der Waals surface area contributed by atoms with Gasteiger partial charge in [0.15, 0.2) is 6.61 Å². The van der Waals surface area contributed by atoms with Crippen LogP contribution in [0.4, 0.5) is 4.39 Å². The minimum Gasteiger partial charge on any atom is -0.482 e. The fourth-order valence-electron chi connectivity index (χ4n) is 2.81. The number of likely N-dealkylation sites (tertiary alicyclic amines) is 1. The molecule has 1 amide bonds. The average molecular weight is 341 g/mol. The molecule has 1 saturated carbocycles. The van der Waals surface area contributed by atoms with Crippen LogP contribution in [-0.2, 0) is 4.79 Å². The first-order valence-electron chi connectivity index (χ1n) is 8.21. The number of nitrogens with one attached hydrogen (secondary N) is 1. The molecule has 2 aliphatic rings. The van der Waals surface area contributed by atoms with Gasteiger partial charge in [-0.15, -0.1) is 0 Å². The molecular weight excluding hydrogens is 319 g/mol. The van der Waals surface area contributed by atoms with Gasteiger partial charge in [-0.2, -0.15) is 0 Å². The Bertz CT molecular complexity index is 558. The van der Waals surface area contributed by atoms with Crippen molar-refractivity contribution in [2.24, 2.45) is 5.92 Å². The van der Waals surface area contributed by atoms with Gasteiger partial charge >= 0.3 is 0 Å². The van der Waals surface area contributed by atoms with E-state index in [-0.39, 0.29) is 17.5 Å². The lowest BCUT2D eigenvalue weighted by Gasteiger charge is -2.32. The number of hydrogen-bond donors (Lipinski definition) is 1. The van der Waals surface area contributed by atoms with E-state index in [1.807, 2.05) is 4.90 Å². The molecule has 1 saturated heterocycles. The topological polar surface area (TPSA) is 41.6 Å². The summed E-state index contributed by atoms with van der Waals surface area (Å²) >= 11 is 5.89. The number of hydrogen-bond acceptors (Lipinski definition) is 3. The Kier molecular flexibility index (Phi) is 5.38. The molecule has 3 rings (SSSR count). The second-order valence-electron chi connectivity index (χ2n) is 6.37. The first-order valence-corrected chi connectivity index (χ1v) is 8.58. The Morgan fingerprint density at radius 3 is 2.70 bits per heavy atom. The Morgan fingerprint density at radius 2 is 2.04 bits per heavy atom. The van der Waals surface area contributed by atoms with Crippen LogP contribution in [0, 0.1) is 11.7 Å². The molecule has 1 heterocycles. The van der Waals surface area contributed by atoms with Crippen LogP contribution in [-0.4, -0.2) is 43.1 Å². The van der Waals surface area contributed by atoms with E-state index in [2.05, 4.69) is 5.32 Å². The number of halogens is 2. The summed E-state index contributed by atoms with van der Waals surface area (Å²) in [5.74, 6) is 0.742. The zero-order chi connectivity index (χ0) is 16.2. The summed E-state index contributed by atoms with van der Waals surface area (Å²) in [5, 5.41) is 3.77. The highest BCUT2D eigenvalue weighted by molar-refractivity contribution is 6.32. The summed E-state index contributed by atoms with van der Waals surface area (Å²) in [6.45, 7) is 2.56. The smallest absolute Gasteiger partial charge is 0.260 e. The lowest BCUT2D eigenvalue weighted by molar-refractivity contribution is -0.134. The number of rotatable bonds is 6. The fourth-order valence-corrected chi connectivity index (χ4v) is 3.03. The molecule has 2 fully saturated rings. The Hall–Kier alpha value is -1.33. The maximum atomic E-state index is 13.0. The Morgan fingerprint density at radius 1 is 1.30 bits per heavy atom. The molecule has 0 spiro atoms. The van der Waals surface area contributed by atoms with Crippen LogP contribution in [0.2, 0.25) is 5.02 Å². The predicted octanol–water partition coefficient (Wildman–Crippen LogP) is 2.85. The lowest BCUT2D eigenvalue weighted by atomic mass is 10.0. The second-order valence-corrected chi connectivity index (χ2v) is 6.78. The molecule has 1 aromatic carbocycles. The highest BCUT2D eigenvalue weighted by Crippen LogP contribution is 2.28. The normalized spacial score (nSPS) is 19.0. The molecule has 0 unspecified atom stereocenters. The van der Waals surface area contributed by atoms with E-state index in [9.17, 15) is 9.18 Å². The molecule has 1 aliphatic heterocycles. The van der Waals surface area contributed by atoms with Crippen LogP contribution in [0.3, 0.4) is 0 Å². The van der Waals surface area contributed by atoms with E-state index in [1.165, 1.54) is 31.0 Å². The molecule has 6 heteroatoms. The molecule has 0 radical (unpaired) electrons. The Labute approximate surface area is 140 Å². The van der Waals surface area contributed by atoms with E-state index >= 15 is 0 Å². The monoisotopic (exact) mass is 340 g/mol. The third-order valence-electron chi connectivity index (χ3n) is 4.48. The van der Waals surface area contributed by atoms with Crippen LogP contribution in [0.5, 0.6) is 5.75 Å². The van der Waals surface area contributed by atoms with Crippen molar-refractivity contribution in [3.8, 4) is 5.75 Å². The molecule has 23 heavy (non-hydrogen) atoms. The molecule has 0 aromatic heterocycles. The summed E-state index contributed by atoms with van der Waals surface area (Å²) in [4.78, 5) is 14.0. The van der Waals surface area contributed by atoms with E-state index in [4.69, 9.17) is 16.3 Å². The van der Waals surface area contributed by atoms with Crippen molar-refractivity contribution < 1.29 is 13.9 Å². The highest BCUT2D eigenvalue weighted by atomic mass is 35.5. The van der Waals surface area contributed by atoms with Gasteiger partial charge in [0.05, 0.1) is 5.02 Å². The zero-order valence-corrected chi connectivity index (χ0v) is 13.8. The van der Waals surface area contributed by atoms with Crippen LogP contribution >= 0.6 is 11.6 Å². The lowest BCUT2D eigenvalue weighted by Crippen LogP contribution is -2.46. The van der Waals surface area contributed by atoms with Crippen molar-refractivity contribution in [1.29, 1.82) is 0 Å². The summed E-state index contributed by atoms with van der Waals surface area (Å²) in [6.07, 6.45) is 4.67. The van der Waals surface area contributed by atoms with E-state index in [0.29, 0.717) is 11.8 Å². The molecular formula is C17H22ClFN2O2. The van der Waals surface area contributed by atoms with Gasteiger partial charge in [-0.05, 0) is 56.3 Å². The second kappa shape index (κ2) is 7.49. The van der Waals surface area contributed by atoms with Gasteiger partial charge in [0.25, 0.3) is 5.91 Å². The number of piperidine rings is 1. The quantitative estimate of drug-likeness (QED) is 0.865.